The van der Waals surface area contributed by atoms with Crippen molar-refractivity contribution in [2.45, 2.75) is 44.9 Å². The predicted molar refractivity (Wildman–Crippen MR) is 72.2 cm³/mol. The number of hydrogen-bond donors (Lipinski definition) is 0. The maximum Gasteiger partial charge on any atom is 0.433 e. The van der Waals surface area contributed by atoms with E-state index < -0.39 is 11.9 Å². The molecule has 1 saturated heterocycles. The molecule has 5 nitrogen and oxygen atoms in total. The van der Waals surface area contributed by atoms with E-state index in [1.807, 2.05) is 6.92 Å². The predicted octanol–water partition coefficient (Wildman–Crippen LogP) is 2.67. The minimum absolute atomic E-state index is 0.0424. The van der Waals surface area contributed by atoms with E-state index in [0.717, 1.165) is 25.1 Å². The molecule has 8 heteroatoms. The van der Waals surface area contributed by atoms with E-state index in [1.54, 1.807) is 4.90 Å². The molecule has 0 aliphatic carbocycles. The average molecular weight is 317 g/mol. The smallest absolute Gasteiger partial charge is 0.433 e. The van der Waals surface area contributed by atoms with Crippen molar-refractivity contribution < 1.29 is 22.7 Å². The van der Waals surface area contributed by atoms with E-state index in [0.29, 0.717) is 25.9 Å². The van der Waals surface area contributed by atoms with Crippen LogP contribution in [0.1, 0.15) is 38.3 Å². The van der Waals surface area contributed by atoms with Crippen molar-refractivity contribution in [2.24, 2.45) is 0 Å². The Hall–Kier alpha value is -1.86. The topological polar surface area (TPSA) is 55.3 Å². The number of likely N-dealkylation sites (tertiary alicyclic amines) is 1. The molecule has 1 atom stereocenters. The fraction of sp³-hybridized carbons (Fsp3) is 0.643. The molecular formula is C14H18F3N3O2. The molecule has 1 aliphatic rings. The summed E-state index contributed by atoms with van der Waals surface area (Å²) in [6, 6.07) is 0.495. The largest absolute Gasteiger partial charge is 0.458 e. The molecule has 0 N–H and O–H groups in total. The highest BCUT2D eigenvalue weighted by Gasteiger charge is 2.33. The summed E-state index contributed by atoms with van der Waals surface area (Å²) in [6.07, 6.45) is -1.25. The van der Waals surface area contributed by atoms with Gasteiger partial charge in [-0.2, -0.15) is 18.2 Å². The summed E-state index contributed by atoms with van der Waals surface area (Å²) in [4.78, 5) is 20.7. The molecule has 0 spiro atoms. The molecule has 1 aromatic heterocycles. The van der Waals surface area contributed by atoms with Crippen molar-refractivity contribution in [1.29, 1.82) is 0 Å². The molecule has 1 aliphatic heterocycles. The number of alkyl halides is 3. The van der Waals surface area contributed by atoms with Crippen LogP contribution in [-0.4, -0.2) is 40.0 Å². The number of nitrogens with zero attached hydrogens (tertiary/aromatic N) is 3. The maximum atomic E-state index is 12.6. The lowest BCUT2D eigenvalue weighted by Crippen LogP contribution is -2.44. The number of halogens is 3. The highest BCUT2D eigenvalue weighted by Crippen LogP contribution is 2.28. The van der Waals surface area contributed by atoms with Gasteiger partial charge >= 0.3 is 12.2 Å². The Kier molecular flexibility index (Phi) is 5.20. The molecule has 22 heavy (non-hydrogen) atoms. The summed E-state index contributed by atoms with van der Waals surface area (Å²) in [6.45, 7) is 2.94. The molecule has 1 fully saturated rings. The van der Waals surface area contributed by atoms with Gasteiger partial charge in [-0.3, -0.25) is 4.79 Å². The van der Waals surface area contributed by atoms with E-state index in [-0.39, 0.29) is 18.0 Å². The molecule has 1 unspecified atom stereocenters. The zero-order chi connectivity index (χ0) is 16.2. The third kappa shape index (κ3) is 4.32. The van der Waals surface area contributed by atoms with Crippen LogP contribution in [0, 0.1) is 0 Å². The van der Waals surface area contributed by atoms with Gasteiger partial charge in [-0.15, -0.1) is 0 Å². The van der Waals surface area contributed by atoms with Crippen molar-refractivity contribution >= 4 is 5.91 Å². The molecule has 0 radical (unpaired) electrons. The Morgan fingerprint density at radius 3 is 2.95 bits per heavy atom. The number of aromatic nitrogens is 2. The van der Waals surface area contributed by atoms with Gasteiger partial charge in [0.15, 0.2) is 5.69 Å². The van der Waals surface area contributed by atoms with Crippen LogP contribution in [0.5, 0.6) is 6.01 Å². The van der Waals surface area contributed by atoms with Gasteiger partial charge in [0.25, 0.3) is 0 Å². The lowest BCUT2D eigenvalue weighted by atomic mass is 10.1. The van der Waals surface area contributed by atoms with E-state index in [4.69, 9.17) is 4.74 Å². The van der Waals surface area contributed by atoms with Crippen molar-refractivity contribution in [2.75, 3.05) is 13.1 Å². The lowest BCUT2D eigenvalue weighted by molar-refractivity contribution is -0.141. The first-order valence-corrected chi connectivity index (χ1v) is 7.25. The Bertz CT molecular complexity index is 522. The van der Waals surface area contributed by atoms with Crippen LogP contribution in [0.15, 0.2) is 12.3 Å². The average Bonchev–Trinajstić information content (AvgIpc) is 2.47. The zero-order valence-corrected chi connectivity index (χ0v) is 12.3. The minimum Gasteiger partial charge on any atom is -0.458 e. The maximum absolute atomic E-state index is 12.6. The summed E-state index contributed by atoms with van der Waals surface area (Å²) >= 11 is 0. The molecular weight excluding hydrogens is 299 g/mol. The van der Waals surface area contributed by atoms with Gasteiger partial charge in [-0.05, 0) is 25.3 Å². The molecule has 1 amide bonds. The highest BCUT2D eigenvalue weighted by atomic mass is 19.4. The normalized spacial score (nSPS) is 19.1. The Balaban J connectivity index is 2.00. The van der Waals surface area contributed by atoms with E-state index >= 15 is 0 Å². The van der Waals surface area contributed by atoms with Crippen LogP contribution < -0.4 is 4.74 Å². The molecule has 2 rings (SSSR count). The van der Waals surface area contributed by atoms with Crippen LogP contribution in [0.3, 0.4) is 0 Å². The van der Waals surface area contributed by atoms with Crippen molar-refractivity contribution in [3.05, 3.63) is 18.0 Å². The first kappa shape index (κ1) is 16.5. The van der Waals surface area contributed by atoms with Gasteiger partial charge < -0.3 is 9.64 Å². The van der Waals surface area contributed by atoms with Crippen LogP contribution >= 0.6 is 0 Å². The molecule has 0 saturated carbocycles. The Morgan fingerprint density at radius 1 is 1.50 bits per heavy atom. The molecule has 0 bridgehead atoms. The van der Waals surface area contributed by atoms with Crippen LogP contribution in [0.4, 0.5) is 13.2 Å². The van der Waals surface area contributed by atoms with E-state index in [2.05, 4.69) is 9.97 Å². The molecule has 122 valence electrons. The highest BCUT2D eigenvalue weighted by molar-refractivity contribution is 5.76. The fourth-order valence-electron chi connectivity index (χ4n) is 2.34. The summed E-state index contributed by atoms with van der Waals surface area (Å²) in [5, 5.41) is 0. The number of carbonyl (C=O) groups is 1. The van der Waals surface area contributed by atoms with Crippen LogP contribution in [0.25, 0.3) is 0 Å². The first-order valence-electron chi connectivity index (χ1n) is 7.25. The van der Waals surface area contributed by atoms with Crippen molar-refractivity contribution in [3.63, 3.8) is 0 Å². The number of amides is 1. The van der Waals surface area contributed by atoms with Crippen molar-refractivity contribution in [1.82, 2.24) is 14.9 Å². The number of rotatable bonds is 4. The standard InChI is InChI=1S/C14H18F3N3O2/c1-2-4-12(21)20-8-3-5-10(9-20)22-13-18-7-6-11(19-13)14(15,16)17/h6-7,10H,2-5,8-9H2,1H3. The number of hydrogen-bond acceptors (Lipinski definition) is 4. The van der Waals surface area contributed by atoms with Gasteiger partial charge in [0.05, 0.1) is 6.54 Å². The summed E-state index contributed by atoms with van der Waals surface area (Å²) in [7, 11) is 0. The molecule has 1 aromatic rings. The van der Waals surface area contributed by atoms with Gasteiger partial charge in [-0.25, -0.2) is 4.98 Å². The van der Waals surface area contributed by atoms with Crippen LogP contribution in [-0.2, 0) is 11.0 Å². The second-order valence-electron chi connectivity index (χ2n) is 5.19. The Labute approximate surface area is 126 Å². The van der Waals surface area contributed by atoms with E-state index in [1.165, 1.54) is 0 Å². The molecule has 0 aromatic carbocycles. The molecule has 2 heterocycles. The number of piperidine rings is 1. The van der Waals surface area contributed by atoms with Gasteiger partial charge in [0, 0.05) is 19.2 Å². The monoisotopic (exact) mass is 317 g/mol. The van der Waals surface area contributed by atoms with Gasteiger partial charge in [0.2, 0.25) is 5.91 Å². The first-order chi connectivity index (χ1) is 10.4. The summed E-state index contributed by atoms with van der Waals surface area (Å²) < 4.78 is 43.2. The van der Waals surface area contributed by atoms with Crippen LogP contribution in [0.2, 0.25) is 0 Å². The summed E-state index contributed by atoms with van der Waals surface area (Å²) in [5.74, 6) is 0.0424. The number of ether oxygens (including phenoxy) is 1. The zero-order valence-electron chi connectivity index (χ0n) is 12.3. The van der Waals surface area contributed by atoms with E-state index in [9.17, 15) is 18.0 Å². The van der Waals surface area contributed by atoms with Gasteiger partial charge in [0.1, 0.15) is 6.10 Å². The third-order valence-electron chi connectivity index (χ3n) is 3.39. The second kappa shape index (κ2) is 6.93. The minimum atomic E-state index is -4.53. The quantitative estimate of drug-likeness (QED) is 0.857. The summed E-state index contributed by atoms with van der Waals surface area (Å²) in [5.41, 5.74) is -1.03. The fourth-order valence-corrected chi connectivity index (χ4v) is 2.34. The Morgan fingerprint density at radius 2 is 2.27 bits per heavy atom. The van der Waals surface area contributed by atoms with Gasteiger partial charge in [-0.1, -0.05) is 6.92 Å². The van der Waals surface area contributed by atoms with Crippen molar-refractivity contribution in [3.8, 4) is 6.01 Å². The SMILES string of the molecule is CCCC(=O)N1CCCC(Oc2nccc(C(F)(F)F)n2)C1. The second-order valence-corrected chi connectivity index (χ2v) is 5.19. The third-order valence-corrected chi connectivity index (χ3v) is 3.39. The lowest BCUT2D eigenvalue weighted by Gasteiger charge is -2.32. The number of carbonyl (C=O) groups excluding carboxylic acids is 1.